The van der Waals surface area contributed by atoms with Gasteiger partial charge in [0, 0.05) is 5.54 Å². The molecule has 4 N–H and O–H groups in total. The number of nitrogens with one attached hydrogen (secondary N) is 1. The van der Waals surface area contributed by atoms with E-state index in [9.17, 15) is 5.11 Å². The first kappa shape index (κ1) is 9.34. The third-order valence-corrected chi connectivity index (χ3v) is 3.03. The zero-order valence-corrected chi connectivity index (χ0v) is 8.38. The monoisotopic (exact) mass is 192 g/mol. The molecule has 1 fully saturated rings. The number of rotatable bonds is 1. The van der Waals surface area contributed by atoms with E-state index in [0.717, 1.165) is 18.5 Å². The average Bonchev–Trinajstić information content (AvgIpc) is 2.58. The number of hydrogen-bond acceptors (Lipinski definition) is 3. The number of nitrogens with two attached hydrogens (primary N) is 1. The number of benzene rings is 1. The van der Waals surface area contributed by atoms with Crippen molar-refractivity contribution in [1.29, 1.82) is 0 Å². The molecule has 1 aromatic carbocycles. The number of phenolic OH excluding ortho intramolecular Hbond substituents is 1. The summed E-state index contributed by atoms with van der Waals surface area (Å²) in [4.78, 5) is 0. The topological polar surface area (TPSA) is 58.3 Å². The number of phenols is 1. The molecule has 2 rings (SSSR count). The Kier molecular flexibility index (Phi) is 2.11. The predicted molar refractivity (Wildman–Crippen MR) is 57.1 cm³/mol. The van der Waals surface area contributed by atoms with Gasteiger partial charge in [0.05, 0.1) is 5.69 Å². The highest BCUT2D eigenvalue weighted by atomic mass is 16.3. The van der Waals surface area contributed by atoms with Gasteiger partial charge in [-0.15, -0.1) is 0 Å². The van der Waals surface area contributed by atoms with Crippen molar-refractivity contribution in [2.24, 2.45) is 0 Å². The second kappa shape index (κ2) is 3.17. The Morgan fingerprint density at radius 3 is 2.86 bits per heavy atom. The molecule has 1 aliphatic heterocycles. The van der Waals surface area contributed by atoms with Crippen LogP contribution in [0.3, 0.4) is 0 Å². The lowest BCUT2D eigenvalue weighted by atomic mass is 9.90. The number of aromatic hydroxyl groups is 1. The van der Waals surface area contributed by atoms with Gasteiger partial charge in [-0.25, -0.2) is 0 Å². The zero-order valence-electron chi connectivity index (χ0n) is 8.38. The van der Waals surface area contributed by atoms with Crippen LogP contribution in [-0.4, -0.2) is 11.7 Å². The van der Waals surface area contributed by atoms with Gasteiger partial charge >= 0.3 is 0 Å². The number of hydrogen-bond donors (Lipinski definition) is 3. The zero-order chi connectivity index (χ0) is 10.2. The third kappa shape index (κ3) is 1.44. The fourth-order valence-corrected chi connectivity index (χ4v) is 2.04. The average molecular weight is 192 g/mol. The first-order valence-corrected chi connectivity index (χ1v) is 4.96. The summed E-state index contributed by atoms with van der Waals surface area (Å²) in [5, 5.41) is 12.8. The van der Waals surface area contributed by atoms with Crippen molar-refractivity contribution in [2.45, 2.75) is 25.3 Å². The quantitative estimate of drug-likeness (QED) is 0.467. The van der Waals surface area contributed by atoms with Crippen molar-refractivity contribution in [1.82, 2.24) is 5.32 Å². The van der Waals surface area contributed by atoms with Gasteiger partial charge in [0.15, 0.2) is 0 Å². The van der Waals surface area contributed by atoms with Crippen LogP contribution in [0.2, 0.25) is 0 Å². The van der Waals surface area contributed by atoms with Gasteiger partial charge in [0.25, 0.3) is 0 Å². The molecule has 0 spiro atoms. The fraction of sp³-hybridized carbons (Fsp3) is 0.455. The molecule has 0 saturated carbocycles. The molecule has 76 valence electrons. The lowest BCUT2D eigenvalue weighted by Crippen LogP contribution is -2.33. The standard InChI is InChI=1S/C11H16N2O/c1-11(5-2-6-13-11)8-3-4-10(14)9(12)7-8/h3-4,7,13-14H,2,5-6,12H2,1H3. The van der Waals surface area contributed by atoms with Crippen LogP contribution in [0.4, 0.5) is 5.69 Å². The van der Waals surface area contributed by atoms with E-state index in [0.29, 0.717) is 5.69 Å². The van der Waals surface area contributed by atoms with Crippen LogP contribution in [0.25, 0.3) is 0 Å². The molecule has 1 aliphatic rings. The Morgan fingerprint density at radius 1 is 1.50 bits per heavy atom. The molecule has 0 aliphatic carbocycles. The molecule has 0 aromatic heterocycles. The van der Waals surface area contributed by atoms with Crippen molar-refractivity contribution < 1.29 is 5.11 Å². The smallest absolute Gasteiger partial charge is 0.138 e. The maximum Gasteiger partial charge on any atom is 0.138 e. The second-order valence-corrected chi connectivity index (χ2v) is 4.14. The minimum atomic E-state index is 0.0296. The Hall–Kier alpha value is -1.22. The molecule has 1 saturated heterocycles. The van der Waals surface area contributed by atoms with Crippen molar-refractivity contribution in [3.63, 3.8) is 0 Å². The summed E-state index contributed by atoms with van der Waals surface area (Å²) >= 11 is 0. The van der Waals surface area contributed by atoms with Crippen molar-refractivity contribution in [3.05, 3.63) is 23.8 Å². The molecular formula is C11H16N2O. The number of anilines is 1. The van der Waals surface area contributed by atoms with E-state index in [-0.39, 0.29) is 11.3 Å². The molecule has 0 bridgehead atoms. The van der Waals surface area contributed by atoms with Crippen molar-refractivity contribution >= 4 is 5.69 Å². The Balaban J connectivity index is 2.36. The molecule has 1 aromatic rings. The van der Waals surface area contributed by atoms with E-state index in [4.69, 9.17) is 5.73 Å². The van der Waals surface area contributed by atoms with E-state index in [1.165, 1.54) is 6.42 Å². The first-order chi connectivity index (χ1) is 6.62. The van der Waals surface area contributed by atoms with Gasteiger partial charge in [-0.05, 0) is 44.0 Å². The largest absolute Gasteiger partial charge is 0.506 e. The van der Waals surface area contributed by atoms with Crippen LogP contribution in [0.1, 0.15) is 25.3 Å². The summed E-state index contributed by atoms with van der Waals surface area (Å²) in [6.45, 7) is 3.23. The van der Waals surface area contributed by atoms with E-state index >= 15 is 0 Å². The predicted octanol–water partition coefficient (Wildman–Crippen LogP) is 1.57. The van der Waals surface area contributed by atoms with E-state index in [2.05, 4.69) is 12.2 Å². The molecule has 0 radical (unpaired) electrons. The van der Waals surface area contributed by atoms with Gasteiger partial charge in [0.1, 0.15) is 5.75 Å². The molecule has 14 heavy (non-hydrogen) atoms. The van der Waals surface area contributed by atoms with Crippen LogP contribution in [0.5, 0.6) is 5.75 Å². The third-order valence-electron chi connectivity index (χ3n) is 3.03. The highest BCUT2D eigenvalue weighted by Gasteiger charge is 2.30. The number of nitrogen functional groups attached to an aromatic ring is 1. The maximum absolute atomic E-state index is 9.33. The molecule has 0 amide bonds. The summed E-state index contributed by atoms with van der Waals surface area (Å²) in [6.07, 6.45) is 2.31. The lowest BCUT2D eigenvalue weighted by molar-refractivity contribution is 0.432. The lowest BCUT2D eigenvalue weighted by Gasteiger charge is -2.25. The van der Waals surface area contributed by atoms with E-state index in [1.807, 2.05) is 12.1 Å². The van der Waals surface area contributed by atoms with Crippen molar-refractivity contribution in [3.8, 4) is 5.75 Å². The molecule has 1 unspecified atom stereocenters. The molecule has 1 atom stereocenters. The van der Waals surface area contributed by atoms with Crippen LogP contribution in [0, 0.1) is 0 Å². The van der Waals surface area contributed by atoms with Crippen LogP contribution >= 0.6 is 0 Å². The van der Waals surface area contributed by atoms with Gasteiger partial charge in [-0.1, -0.05) is 6.07 Å². The van der Waals surface area contributed by atoms with Crippen LogP contribution < -0.4 is 11.1 Å². The van der Waals surface area contributed by atoms with Gasteiger partial charge in [0.2, 0.25) is 0 Å². The van der Waals surface area contributed by atoms with E-state index in [1.54, 1.807) is 6.07 Å². The molecular weight excluding hydrogens is 176 g/mol. The Morgan fingerprint density at radius 2 is 2.29 bits per heavy atom. The summed E-state index contributed by atoms with van der Waals surface area (Å²) in [5.74, 6) is 0.162. The van der Waals surface area contributed by atoms with Crippen LogP contribution in [0.15, 0.2) is 18.2 Å². The summed E-state index contributed by atoms with van der Waals surface area (Å²) < 4.78 is 0. The molecule has 3 heteroatoms. The van der Waals surface area contributed by atoms with Gasteiger partial charge in [-0.2, -0.15) is 0 Å². The van der Waals surface area contributed by atoms with Crippen LogP contribution in [-0.2, 0) is 5.54 Å². The van der Waals surface area contributed by atoms with Crippen molar-refractivity contribution in [2.75, 3.05) is 12.3 Å². The summed E-state index contributed by atoms with van der Waals surface area (Å²) in [5.41, 5.74) is 7.31. The normalized spacial score (nSPS) is 26.6. The fourth-order valence-electron chi connectivity index (χ4n) is 2.04. The first-order valence-electron chi connectivity index (χ1n) is 4.96. The molecule has 1 heterocycles. The van der Waals surface area contributed by atoms with Gasteiger partial charge in [-0.3, -0.25) is 0 Å². The second-order valence-electron chi connectivity index (χ2n) is 4.14. The summed E-state index contributed by atoms with van der Waals surface area (Å²) in [7, 11) is 0. The minimum absolute atomic E-state index is 0.0296. The maximum atomic E-state index is 9.33. The van der Waals surface area contributed by atoms with E-state index < -0.39 is 0 Å². The summed E-state index contributed by atoms with van der Waals surface area (Å²) in [6, 6.07) is 5.45. The SMILES string of the molecule is CC1(c2ccc(O)c(N)c2)CCCN1. The minimum Gasteiger partial charge on any atom is -0.506 e. The highest BCUT2D eigenvalue weighted by Crippen LogP contribution is 2.33. The molecule has 3 nitrogen and oxygen atoms in total. The van der Waals surface area contributed by atoms with Gasteiger partial charge < -0.3 is 16.2 Å². The Labute approximate surface area is 83.9 Å². The highest BCUT2D eigenvalue weighted by molar-refractivity contribution is 5.54. The Bertz CT molecular complexity index is 343.